The Labute approximate surface area is 137 Å². The SMILES string of the molecule is CN(C)c1cccnc1CN=C(N)Nc1ccc2c(c1)CCC2. The number of nitrogens with one attached hydrogen (secondary N) is 1. The van der Waals surface area contributed by atoms with Gasteiger partial charge in [0.1, 0.15) is 0 Å². The maximum Gasteiger partial charge on any atom is 0.193 e. The molecule has 0 aliphatic heterocycles. The zero-order valence-corrected chi connectivity index (χ0v) is 13.7. The molecule has 2 aromatic rings. The van der Waals surface area contributed by atoms with Crippen molar-refractivity contribution in [3.63, 3.8) is 0 Å². The molecule has 23 heavy (non-hydrogen) atoms. The third-order valence-corrected chi connectivity index (χ3v) is 4.12. The van der Waals surface area contributed by atoms with Crippen molar-refractivity contribution in [2.45, 2.75) is 25.8 Å². The van der Waals surface area contributed by atoms with Gasteiger partial charge in [0.15, 0.2) is 5.96 Å². The Morgan fingerprint density at radius 3 is 2.91 bits per heavy atom. The average Bonchev–Trinajstić information content (AvgIpc) is 3.00. The first kappa shape index (κ1) is 15.3. The fourth-order valence-electron chi connectivity index (χ4n) is 2.96. The van der Waals surface area contributed by atoms with Crippen LogP contribution >= 0.6 is 0 Å². The Hall–Kier alpha value is -2.56. The number of benzene rings is 1. The van der Waals surface area contributed by atoms with Crippen LogP contribution in [-0.2, 0) is 19.4 Å². The van der Waals surface area contributed by atoms with Crippen LogP contribution in [0.25, 0.3) is 0 Å². The molecule has 5 nitrogen and oxygen atoms in total. The van der Waals surface area contributed by atoms with Gasteiger partial charge in [-0.1, -0.05) is 6.07 Å². The maximum atomic E-state index is 6.02. The number of aliphatic imine (C=N–C) groups is 1. The van der Waals surface area contributed by atoms with Crippen LogP contribution in [-0.4, -0.2) is 25.0 Å². The fraction of sp³-hybridized carbons (Fsp3) is 0.333. The number of anilines is 2. The molecule has 5 heteroatoms. The van der Waals surface area contributed by atoms with Gasteiger partial charge in [0, 0.05) is 26.0 Å². The standard InChI is InChI=1S/C18H23N5/c1-23(2)17-7-4-10-20-16(17)12-21-18(19)22-15-9-8-13-5-3-6-14(13)11-15/h4,7-11H,3,5-6,12H2,1-2H3,(H3,19,21,22). The Morgan fingerprint density at radius 2 is 2.09 bits per heavy atom. The third-order valence-electron chi connectivity index (χ3n) is 4.12. The molecular weight excluding hydrogens is 286 g/mol. The Bertz CT molecular complexity index is 721. The summed E-state index contributed by atoms with van der Waals surface area (Å²) in [5.41, 5.74) is 11.9. The molecule has 0 amide bonds. The lowest BCUT2D eigenvalue weighted by atomic mass is 10.1. The molecule has 0 atom stereocenters. The zero-order chi connectivity index (χ0) is 16.2. The van der Waals surface area contributed by atoms with Crippen molar-refractivity contribution >= 4 is 17.3 Å². The van der Waals surface area contributed by atoms with Gasteiger partial charge in [0.25, 0.3) is 0 Å². The lowest BCUT2D eigenvalue weighted by molar-refractivity contribution is 0.912. The van der Waals surface area contributed by atoms with Crippen molar-refractivity contribution in [1.82, 2.24) is 4.98 Å². The van der Waals surface area contributed by atoms with E-state index in [0.29, 0.717) is 12.5 Å². The van der Waals surface area contributed by atoms with Crippen LogP contribution in [0.1, 0.15) is 23.2 Å². The lowest BCUT2D eigenvalue weighted by Gasteiger charge is -2.15. The Balaban J connectivity index is 1.69. The van der Waals surface area contributed by atoms with Gasteiger partial charge in [-0.05, 0) is 54.7 Å². The molecule has 0 saturated carbocycles. The molecule has 1 aromatic carbocycles. The second-order valence-electron chi connectivity index (χ2n) is 6.03. The number of nitrogens with zero attached hydrogens (tertiary/aromatic N) is 3. The zero-order valence-electron chi connectivity index (χ0n) is 13.7. The van der Waals surface area contributed by atoms with Gasteiger partial charge < -0.3 is 16.0 Å². The molecule has 0 fully saturated rings. The van der Waals surface area contributed by atoms with E-state index in [1.54, 1.807) is 6.20 Å². The van der Waals surface area contributed by atoms with Crippen molar-refractivity contribution < 1.29 is 0 Å². The number of guanidine groups is 1. The molecule has 0 unspecified atom stereocenters. The monoisotopic (exact) mass is 309 g/mol. The van der Waals surface area contributed by atoms with E-state index in [0.717, 1.165) is 23.5 Å². The largest absolute Gasteiger partial charge is 0.376 e. The van der Waals surface area contributed by atoms with Gasteiger partial charge in [0.05, 0.1) is 17.9 Å². The third kappa shape index (κ3) is 3.62. The molecule has 1 aliphatic rings. The first-order chi connectivity index (χ1) is 11.1. The average molecular weight is 309 g/mol. The van der Waals surface area contributed by atoms with Gasteiger partial charge >= 0.3 is 0 Å². The number of aromatic nitrogens is 1. The van der Waals surface area contributed by atoms with E-state index in [-0.39, 0.29) is 0 Å². The number of nitrogens with two attached hydrogens (primary N) is 1. The van der Waals surface area contributed by atoms with Crippen LogP contribution in [0.15, 0.2) is 41.5 Å². The van der Waals surface area contributed by atoms with E-state index in [1.165, 1.54) is 24.0 Å². The first-order valence-corrected chi connectivity index (χ1v) is 7.93. The van der Waals surface area contributed by atoms with Crippen LogP contribution in [0, 0.1) is 0 Å². The number of hydrogen-bond donors (Lipinski definition) is 2. The molecule has 0 radical (unpaired) electrons. The van der Waals surface area contributed by atoms with Gasteiger partial charge in [-0.3, -0.25) is 4.98 Å². The number of hydrogen-bond acceptors (Lipinski definition) is 3. The predicted molar refractivity (Wildman–Crippen MR) is 96.0 cm³/mol. The summed E-state index contributed by atoms with van der Waals surface area (Å²) in [5.74, 6) is 0.415. The normalized spacial score (nSPS) is 13.7. The smallest absolute Gasteiger partial charge is 0.193 e. The van der Waals surface area contributed by atoms with Gasteiger partial charge in [-0.2, -0.15) is 0 Å². The minimum atomic E-state index is 0.415. The highest BCUT2D eigenvalue weighted by Crippen LogP contribution is 2.24. The molecule has 1 aliphatic carbocycles. The van der Waals surface area contributed by atoms with E-state index in [2.05, 4.69) is 33.5 Å². The lowest BCUT2D eigenvalue weighted by Crippen LogP contribution is -2.23. The fourth-order valence-corrected chi connectivity index (χ4v) is 2.96. The summed E-state index contributed by atoms with van der Waals surface area (Å²) in [4.78, 5) is 10.8. The maximum absolute atomic E-state index is 6.02. The summed E-state index contributed by atoms with van der Waals surface area (Å²) in [6, 6.07) is 10.4. The van der Waals surface area contributed by atoms with E-state index in [4.69, 9.17) is 5.73 Å². The Morgan fingerprint density at radius 1 is 1.26 bits per heavy atom. The number of pyridine rings is 1. The predicted octanol–water partition coefficient (Wildman–Crippen LogP) is 2.56. The summed E-state index contributed by atoms with van der Waals surface area (Å²) in [6.07, 6.45) is 5.37. The van der Waals surface area contributed by atoms with Crippen molar-refractivity contribution in [3.8, 4) is 0 Å². The van der Waals surface area contributed by atoms with Crippen molar-refractivity contribution in [1.29, 1.82) is 0 Å². The minimum absolute atomic E-state index is 0.415. The molecule has 1 heterocycles. The van der Waals surface area contributed by atoms with E-state index in [9.17, 15) is 0 Å². The molecule has 0 spiro atoms. The van der Waals surface area contributed by atoms with Crippen LogP contribution in [0.4, 0.5) is 11.4 Å². The minimum Gasteiger partial charge on any atom is -0.376 e. The van der Waals surface area contributed by atoms with Crippen molar-refractivity contribution in [3.05, 3.63) is 53.3 Å². The molecule has 3 rings (SSSR count). The molecule has 3 N–H and O–H groups in total. The van der Waals surface area contributed by atoms with E-state index in [1.807, 2.05) is 31.1 Å². The van der Waals surface area contributed by atoms with Crippen molar-refractivity contribution in [2.24, 2.45) is 10.7 Å². The molecule has 0 bridgehead atoms. The highest BCUT2D eigenvalue weighted by molar-refractivity contribution is 5.92. The van der Waals surface area contributed by atoms with Crippen LogP contribution < -0.4 is 16.0 Å². The molecule has 120 valence electrons. The van der Waals surface area contributed by atoms with Gasteiger partial charge in [-0.25, -0.2) is 4.99 Å². The van der Waals surface area contributed by atoms with E-state index < -0.39 is 0 Å². The summed E-state index contributed by atoms with van der Waals surface area (Å²) in [7, 11) is 3.99. The summed E-state index contributed by atoms with van der Waals surface area (Å²) in [5, 5.41) is 3.18. The highest BCUT2D eigenvalue weighted by atomic mass is 15.1. The van der Waals surface area contributed by atoms with Gasteiger partial charge in [-0.15, -0.1) is 0 Å². The molecular formula is C18H23N5. The van der Waals surface area contributed by atoms with Crippen LogP contribution in [0.5, 0.6) is 0 Å². The van der Waals surface area contributed by atoms with Crippen LogP contribution in [0.2, 0.25) is 0 Å². The quantitative estimate of drug-likeness (QED) is 0.673. The second-order valence-corrected chi connectivity index (χ2v) is 6.03. The van der Waals surface area contributed by atoms with E-state index >= 15 is 0 Å². The topological polar surface area (TPSA) is 66.5 Å². The first-order valence-electron chi connectivity index (χ1n) is 7.93. The number of fused-ring (bicyclic) bond motifs is 1. The molecule has 0 saturated heterocycles. The van der Waals surface area contributed by atoms with Crippen molar-refractivity contribution in [2.75, 3.05) is 24.3 Å². The van der Waals surface area contributed by atoms with Crippen LogP contribution in [0.3, 0.4) is 0 Å². The number of aryl methyl sites for hydroxylation is 2. The van der Waals surface area contributed by atoms with Gasteiger partial charge in [0.2, 0.25) is 0 Å². The summed E-state index contributed by atoms with van der Waals surface area (Å²) < 4.78 is 0. The number of rotatable bonds is 4. The highest BCUT2D eigenvalue weighted by Gasteiger charge is 2.11. The molecule has 1 aromatic heterocycles. The Kier molecular flexibility index (Phi) is 4.46. The second kappa shape index (κ2) is 6.69. The summed E-state index contributed by atoms with van der Waals surface area (Å²) >= 11 is 0. The summed E-state index contributed by atoms with van der Waals surface area (Å²) in [6.45, 7) is 0.456.